The van der Waals surface area contributed by atoms with Gasteiger partial charge in [-0.05, 0) is 49.4 Å². The van der Waals surface area contributed by atoms with Crippen LogP contribution in [0.4, 0.5) is 0 Å². The number of benzene rings is 2. The Balaban J connectivity index is 1.67. The predicted octanol–water partition coefficient (Wildman–Crippen LogP) is 4.02. The Labute approximate surface area is 161 Å². The number of amides is 1. The van der Waals surface area contributed by atoms with Crippen LogP contribution < -0.4 is 10.1 Å². The van der Waals surface area contributed by atoms with Gasteiger partial charge in [-0.1, -0.05) is 49.4 Å². The topological polar surface area (TPSA) is 47.6 Å². The maximum absolute atomic E-state index is 12.8. The molecule has 3 rings (SSSR count). The number of ether oxygens (including phenoxy) is 2. The Kier molecular flexibility index (Phi) is 6.51. The third-order valence-corrected chi connectivity index (χ3v) is 5.37. The monoisotopic (exact) mass is 367 g/mol. The van der Waals surface area contributed by atoms with Gasteiger partial charge in [0.05, 0.1) is 0 Å². The molecule has 1 aliphatic rings. The summed E-state index contributed by atoms with van der Waals surface area (Å²) in [6.45, 7) is 6.04. The fraction of sp³-hybridized carbons (Fsp3) is 0.435. The van der Waals surface area contributed by atoms with Crippen molar-refractivity contribution in [3.05, 3.63) is 65.7 Å². The van der Waals surface area contributed by atoms with Gasteiger partial charge < -0.3 is 14.8 Å². The fourth-order valence-electron chi connectivity index (χ4n) is 3.67. The highest BCUT2D eigenvalue weighted by atomic mass is 16.5. The molecule has 0 bridgehead atoms. The van der Waals surface area contributed by atoms with Gasteiger partial charge in [0.1, 0.15) is 5.75 Å². The van der Waals surface area contributed by atoms with E-state index in [1.165, 1.54) is 5.56 Å². The third kappa shape index (κ3) is 4.89. The number of carbonyl (C=O) groups is 1. The van der Waals surface area contributed by atoms with E-state index in [1.807, 2.05) is 44.2 Å². The van der Waals surface area contributed by atoms with Crippen molar-refractivity contribution >= 4 is 5.91 Å². The van der Waals surface area contributed by atoms with Crippen molar-refractivity contribution in [2.45, 2.75) is 44.6 Å². The van der Waals surface area contributed by atoms with Crippen LogP contribution in [0.15, 0.2) is 54.6 Å². The van der Waals surface area contributed by atoms with Crippen LogP contribution in [0.2, 0.25) is 0 Å². The number of rotatable bonds is 7. The van der Waals surface area contributed by atoms with Gasteiger partial charge in [-0.25, -0.2) is 0 Å². The van der Waals surface area contributed by atoms with E-state index in [4.69, 9.17) is 9.47 Å². The second-order valence-electron chi connectivity index (χ2n) is 7.31. The van der Waals surface area contributed by atoms with Gasteiger partial charge in [-0.2, -0.15) is 0 Å². The quantitative estimate of drug-likeness (QED) is 0.804. The lowest BCUT2D eigenvalue weighted by Crippen LogP contribution is -2.48. The molecule has 4 heteroatoms. The normalized spacial score (nSPS) is 17.1. The highest BCUT2D eigenvalue weighted by Crippen LogP contribution is 2.34. The molecule has 1 N–H and O–H groups in total. The Bertz CT molecular complexity index is 738. The minimum atomic E-state index is -0.487. The maximum atomic E-state index is 12.8. The summed E-state index contributed by atoms with van der Waals surface area (Å²) in [5.74, 6) is 0.682. The largest absolute Gasteiger partial charge is 0.481 e. The van der Waals surface area contributed by atoms with E-state index in [0.29, 0.717) is 13.0 Å². The van der Waals surface area contributed by atoms with Crippen LogP contribution in [-0.2, 0) is 14.9 Å². The molecule has 2 aromatic carbocycles. The standard InChI is InChI=1S/C23H29NO3/c1-3-21(27-20-11-7-8-18(2)16-20)22(25)24-17-23(12-14-26-15-13-23)19-9-5-4-6-10-19/h4-11,16,21H,3,12-15,17H2,1-2H3,(H,24,25)/t21-/m1/s1. The molecule has 1 amide bonds. The first-order valence-electron chi connectivity index (χ1n) is 9.77. The van der Waals surface area contributed by atoms with E-state index in [0.717, 1.165) is 37.4 Å². The minimum Gasteiger partial charge on any atom is -0.481 e. The molecule has 1 saturated heterocycles. The third-order valence-electron chi connectivity index (χ3n) is 5.37. The van der Waals surface area contributed by atoms with Gasteiger partial charge in [0.2, 0.25) is 0 Å². The summed E-state index contributed by atoms with van der Waals surface area (Å²) >= 11 is 0. The van der Waals surface area contributed by atoms with Crippen molar-refractivity contribution in [1.29, 1.82) is 0 Å². The first kappa shape index (κ1) is 19.4. The Morgan fingerprint density at radius 3 is 2.56 bits per heavy atom. The molecule has 0 aliphatic carbocycles. The first-order valence-corrected chi connectivity index (χ1v) is 9.77. The molecule has 1 atom stereocenters. The van der Waals surface area contributed by atoms with Gasteiger partial charge >= 0.3 is 0 Å². The molecule has 27 heavy (non-hydrogen) atoms. The molecule has 4 nitrogen and oxygen atoms in total. The predicted molar refractivity (Wildman–Crippen MR) is 107 cm³/mol. The van der Waals surface area contributed by atoms with Crippen LogP contribution in [-0.4, -0.2) is 31.8 Å². The Morgan fingerprint density at radius 1 is 1.15 bits per heavy atom. The number of carbonyl (C=O) groups excluding carboxylic acids is 1. The number of hydrogen-bond donors (Lipinski definition) is 1. The summed E-state index contributed by atoms with van der Waals surface area (Å²) in [6.07, 6.45) is 1.96. The SMILES string of the molecule is CC[C@@H](Oc1cccc(C)c1)C(=O)NCC1(c2ccccc2)CCOCC1. The maximum Gasteiger partial charge on any atom is 0.261 e. The highest BCUT2D eigenvalue weighted by molar-refractivity contribution is 5.81. The molecular weight excluding hydrogens is 338 g/mol. The molecule has 0 saturated carbocycles. The van der Waals surface area contributed by atoms with E-state index >= 15 is 0 Å². The van der Waals surface area contributed by atoms with Crippen LogP contribution in [0.25, 0.3) is 0 Å². The number of nitrogens with one attached hydrogen (secondary N) is 1. The lowest BCUT2D eigenvalue weighted by molar-refractivity contribution is -0.128. The summed E-state index contributed by atoms with van der Waals surface area (Å²) in [6, 6.07) is 18.3. The summed E-state index contributed by atoms with van der Waals surface area (Å²) in [5.41, 5.74) is 2.31. The van der Waals surface area contributed by atoms with Gasteiger partial charge in [0.25, 0.3) is 5.91 Å². The van der Waals surface area contributed by atoms with Crippen LogP contribution in [0.5, 0.6) is 5.75 Å². The van der Waals surface area contributed by atoms with Crippen LogP contribution in [0.3, 0.4) is 0 Å². The molecule has 0 aromatic heterocycles. The van der Waals surface area contributed by atoms with Gasteiger partial charge in [-0.3, -0.25) is 4.79 Å². The van der Waals surface area contributed by atoms with Crippen LogP contribution in [0, 0.1) is 6.92 Å². The van der Waals surface area contributed by atoms with E-state index < -0.39 is 6.10 Å². The molecule has 0 unspecified atom stereocenters. The first-order chi connectivity index (χ1) is 13.1. The van der Waals surface area contributed by atoms with E-state index in [9.17, 15) is 4.79 Å². The average molecular weight is 367 g/mol. The number of aryl methyl sites for hydroxylation is 1. The molecular formula is C23H29NO3. The zero-order valence-corrected chi connectivity index (χ0v) is 16.2. The minimum absolute atomic E-state index is 0.0548. The van der Waals surface area contributed by atoms with Crippen molar-refractivity contribution in [3.63, 3.8) is 0 Å². The van der Waals surface area contributed by atoms with Crippen molar-refractivity contribution in [2.24, 2.45) is 0 Å². The van der Waals surface area contributed by atoms with Gasteiger partial charge in [-0.15, -0.1) is 0 Å². The summed E-state index contributed by atoms with van der Waals surface area (Å²) in [4.78, 5) is 12.8. The zero-order valence-electron chi connectivity index (χ0n) is 16.2. The smallest absolute Gasteiger partial charge is 0.261 e. The molecule has 0 spiro atoms. The Morgan fingerprint density at radius 2 is 1.89 bits per heavy atom. The van der Waals surface area contributed by atoms with Gasteiger partial charge in [0, 0.05) is 25.2 Å². The van der Waals surface area contributed by atoms with Crippen molar-refractivity contribution in [1.82, 2.24) is 5.32 Å². The molecule has 0 radical (unpaired) electrons. The molecule has 1 aliphatic heterocycles. The van der Waals surface area contributed by atoms with Crippen LogP contribution >= 0.6 is 0 Å². The van der Waals surface area contributed by atoms with Crippen molar-refractivity contribution in [3.8, 4) is 5.75 Å². The van der Waals surface area contributed by atoms with E-state index in [1.54, 1.807) is 0 Å². The summed E-state index contributed by atoms with van der Waals surface area (Å²) in [7, 11) is 0. The highest BCUT2D eigenvalue weighted by Gasteiger charge is 2.35. The molecule has 144 valence electrons. The van der Waals surface area contributed by atoms with Gasteiger partial charge in [0.15, 0.2) is 6.10 Å². The molecule has 1 fully saturated rings. The Hall–Kier alpha value is -2.33. The van der Waals surface area contributed by atoms with E-state index in [2.05, 4.69) is 29.6 Å². The second-order valence-corrected chi connectivity index (χ2v) is 7.31. The molecule has 1 heterocycles. The van der Waals surface area contributed by atoms with E-state index in [-0.39, 0.29) is 11.3 Å². The van der Waals surface area contributed by atoms with Crippen molar-refractivity contribution < 1.29 is 14.3 Å². The fourth-order valence-corrected chi connectivity index (χ4v) is 3.67. The van der Waals surface area contributed by atoms with Crippen molar-refractivity contribution in [2.75, 3.05) is 19.8 Å². The second kappa shape index (κ2) is 9.05. The summed E-state index contributed by atoms with van der Waals surface area (Å²) in [5, 5.41) is 3.16. The molecule has 2 aromatic rings. The lowest BCUT2D eigenvalue weighted by atomic mass is 9.74. The summed E-state index contributed by atoms with van der Waals surface area (Å²) < 4.78 is 11.5. The lowest BCUT2D eigenvalue weighted by Gasteiger charge is -2.38. The number of hydrogen-bond acceptors (Lipinski definition) is 3. The average Bonchev–Trinajstić information content (AvgIpc) is 2.71. The zero-order chi connectivity index (χ0) is 19.1. The van der Waals surface area contributed by atoms with Crippen LogP contribution in [0.1, 0.15) is 37.3 Å².